The molecule has 12 heteroatoms. The fourth-order valence-corrected chi connectivity index (χ4v) is 2.77. The number of carbonyl (C=O) groups excluding carboxylic acids is 1. The van der Waals surface area contributed by atoms with Gasteiger partial charge >= 0.3 is 24.3 Å². The molecule has 1 atom stereocenters. The minimum atomic E-state index is -5.09. The van der Waals surface area contributed by atoms with E-state index >= 15 is 0 Å². The number of halogens is 6. The maximum absolute atomic E-state index is 12.9. The molecule has 0 aliphatic heterocycles. The summed E-state index contributed by atoms with van der Waals surface area (Å²) < 4.78 is 77.6. The van der Waals surface area contributed by atoms with Gasteiger partial charge in [0.05, 0.1) is 23.1 Å². The van der Waals surface area contributed by atoms with Gasteiger partial charge in [0.1, 0.15) is 6.04 Å². The highest BCUT2D eigenvalue weighted by Crippen LogP contribution is 2.36. The van der Waals surface area contributed by atoms with Crippen LogP contribution in [-0.4, -0.2) is 34.1 Å². The van der Waals surface area contributed by atoms with Gasteiger partial charge < -0.3 is 15.5 Å². The van der Waals surface area contributed by atoms with E-state index in [1.54, 1.807) is 0 Å². The molecule has 1 amide bonds. The largest absolute Gasteiger partial charge is 0.480 e. The van der Waals surface area contributed by atoms with Gasteiger partial charge in [-0.15, -0.1) is 0 Å². The molecule has 2 aromatic rings. The van der Waals surface area contributed by atoms with Crippen LogP contribution in [0.3, 0.4) is 0 Å². The van der Waals surface area contributed by atoms with E-state index in [0.717, 1.165) is 0 Å². The number of hydrogen-bond acceptors (Lipinski definition) is 3. The molecule has 0 heterocycles. The SMILES string of the molecule is O=C(Cc1cc(C(F)(F)F)cc(C(F)(F)F)c1)N[C@@H](Cc1ccc(C(=O)O)cc1)C(=O)O. The first-order valence-corrected chi connectivity index (χ1v) is 8.79. The van der Waals surface area contributed by atoms with Gasteiger partial charge in [-0.1, -0.05) is 12.1 Å². The minimum Gasteiger partial charge on any atom is -0.480 e. The van der Waals surface area contributed by atoms with Crippen molar-refractivity contribution in [2.75, 3.05) is 0 Å². The van der Waals surface area contributed by atoms with Crippen LogP contribution < -0.4 is 5.32 Å². The van der Waals surface area contributed by atoms with Crippen LogP contribution in [0.1, 0.15) is 32.6 Å². The smallest absolute Gasteiger partial charge is 0.416 e. The number of benzene rings is 2. The molecule has 0 aromatic heterocycles. The molecule has 0 fully saturated rings. The van der Waals surface area contributed by atoms with Crippen molar-refractivity contribution in [1.29, 1.82) is 0 Å². The summed E-state index contributed by atoms with van der Waals surface area (Å²) in [4.78, 5) is 34.4. The van der Waals surface area contributed by atoms with Crippen molar-refractivity contribution in [3.05, 3.63) is 70.3 Å². The van der Waals surface area contributed by atoms with Crippen molar-refractivity contribution >= 4 is 17.8 Å². The van der Waals surface area contributed by atoms with Gasteiger partial charge in [-0.2, -0.15) is 26.3 Å². The molecule has 0 spiro atoms. The molecule has 0 unspecified atom stereocenters. The van der Waals surface area contributed by atoms with Crippen molar-refractivity contribution in [1.82, 2.24) is 5.32 Å². The van der Waals surface area contributed by atoms with Crippen LogP contribution in [0.25, 0.3) is 0 Å². The van der Waals surface area contributed by atoms with E-state index in [-0.39, 0.29) is 18.1 Å². The number of carboxylic acids is 2. The maximum atomic E-state index is 12.9. The average molecular weight is 463 g/mol. The van der Waals surface area contributed by atoms with Crippen molar-refractivity contribution in [3.63, 3.8) is 0 Å². The second-order valence-corrected chi connectivity index (χ2v) is 6.76. The molecular weight excluding hydrogens is 448 g/mol. The monoisotopic (exact) mass is 463 g/mol. The van der Waals surface area contributed by atoms with Gasteiger partial charge in [-0.25, -0.2) is 9.59 Å². The third kappa shape index (κ3) is 6.72. The van der Waals surface area contributed by atoms with E-state index in [2.05, 4.69) is 0 Å². The third-order valence-electron chi connectivity index (χ3n) is 4.29. The van der Waals surface area contributed by atoms with Gasteiger partial charge in [0.2, 0.25) is 5.91 Å². The third-order valence-corrected chi connectivity index (χ3v) is 4.29. The molecule has 6 nitrogen and oxygen atoms in total. The average Bonchev–Trinajstić information content (AvgIpc) is 2.66. The quantitative estimate of drug-likeness (QED) is 0.543. The van der Waals surface area contributed by atoms with Crippen LogP contribution in [0.2, 0.25) is 0 Å². The van der Waals surface area contributed by atoms with E-state index < -0.39 is 59.4 Å². The molecule has 0 saturated heterocycles. The Hall–Kier alpha value is -3.57. The summed E-state index contributed by atoms with van der Waals surface area (Å²) in [5, 5.41) is 20.2. The predicted octanol–water partition coefficient (Wildman–Crippen LogP) is 3.78. The Morgan fingerprint density at radius 3 is 1.72 bits per heavy atom. The standard InChI is InChI=1S/C20H15F6NO5/c21-19(22,23)13-5-11(6-14(9-13)20(24,25)26)8-16(28)27-15(18(31)32)7-10-1-3-12(4-2-10)17(29)30/h1-6,9,15H,7-8H2,(H,27,28)(H,29,30)(H,31,32)/t15-/m0/s1. The first kappa shape index (κ1) is 24.7. The first-order valence-electron chi connectivity index (χ1n) is 8.79. The second kappa shape index (κ2) is 9.28. The Bertz CT molecular complexity index is 982. The number of nitrogens with one attached hydrogen (secondary N) is 1. The number of hydrogen-bond donors (Lipinski definition) is 3. The fourth-order valence-electron chi connectivity index (χ4n) is 2.77. The molecule has 2 rings (SSSR count). The van der Waals surface area contributed by atoms with Crippen LogP contribution in [0.5, 0.6) is 0 Å². The molecule has 32 heavy (non-hydrogen) atoms. The molecule has 0 radical (unpaired) electrons. The van der Waals surface area contributed by atoms with Gasteiger partial charge in [0.25, 0.3) is 0 Å². The highest BCUT2D eigenvalue weighted by molar-refractivity contribution is 5.87. The van der Waals surface area contributed by atoms with E-state index in [4.69, 9.17) is 5.11 Å². The molecule has 0 saturated carbocycles. The molecule has 2 aromatic carbocycles. The molecule has 3 N–H and O–H groups in total. The number of aromatic carboxylic acids is 1. The number of amides is 1. The number of alkyl halides is 6. The highest BCUT2D eigenvalue weighted by atomic mass is 19.4. The Labute approximate surface area is 176 Å². The van der Waals surface area contributed by atoms with Crippen LogP contribution in [0.15, 0.2) is 42.5 Å². The van der Waals surface area contributed by atoms with Crippen LogP contribution in [-0.2, 0) is 34.8 Å². The molecule has 172 valence electrons. The van der Waals surface area contributed by atoms with Crippen molar-refractivity contribution in [3.8, 4) is 0 Å². The molecule has 0 bridgehead atoms. The van der Waals surface area contributed by atoms with Gasteiger partial charge in [0.15, 0.2) is 0 Å². The van der Waals surface area contributed by atoms with Gasteiger partial charge in [-0.3, -0.25) is 4.79 Å². The normalized spacial score (nSPS) is 12.8. The van der Waals surface area contributed by atoms with E-state index in [1.807, 2.05) is 5.32 Å². The lowest BCUT2D eigenvalue weighted by Gasteiger charge is -2.16. The minimum absolute atomic E-state index is 0.0605. The van der Waals surface area contributed by atoms with Crippen LogP contribution in [0.4, 0.5) is 26.3 Å². The lowest BCUT2D eigenvalue weighted by atomic mass is 10.0. The van der Waals surface area contributed by atoms with Crippen LogP contribution >= 0.6 is 0 Å². The summed E-state index contributed by atoms with van der Waals surface area (Å²) in [7, 11) is 0. The summed E-state index contributed by atoms with van der Waals surface area (Å²) in [6, 6.07) is 4.18. The fraction of sp³-hybridized carbons (Fsp3) is 0.250. The number of carboxylic acid groups (broad SMARTS) is 2. The Kier molecular flexibility index (Phi) is 7.17. The maximum Gasteiger partial charge on any atom is 0.416 e. The summed E-state index contributed by atoms with van der Waals surface area (Å²) in [5.41, 5.74) is -3.51. The lowest BCUT2D eigenvalue weighted by Crippen LogP contribution is -2.43. The zero-order valence-electron chi connectivity index (χ0n) is 15.9. The molecule has 0 aliphatic carbocycles. The lowest BCUT2D eigenvalue weighted by molar-refractivity contribution is -0.143. The van der Waals surface area contributed by atoms with Crippen molar-refractivity contribution < 1.29 is 50.9 Å². The summed E-state index contributed by atoms with van der Waals surface area (Å²) in [6.45, 7) is 0. The Balaban J connectivity index is 2.19. The van der Waals surface area contributed by atoms with Gasteiger partial charge in [0, 0.05) is 6.42 Å². The second-order valence-electron chi connectivity index (χ2n) is 6.76. The van der Waals surface area contributed by atoms with Crippen molar-refractivity contribution in [2.45, 2.75) is 31.2 Å². The van der Waals surface area contributed by atoms with Crippen LogP contribution in [0, 0.1) is 0 Å². The van der Waals surface area contributed by atoms with E-state index in [1.165, 1.54) is 24.3 Å². The number of carbonyl (C=O) groups is 3. The predicted molar refractivity (Wildman–Crippen MR) is 96.8 cm³/mol. The van der Waals surface area contributed by atoms with Crippen molar-refractivity contribution in [2.24, 2.45) is 0 Å². The zero-order valence-corrected chi connectivity index (χ0v) is 15.9. The molecule has 0 aliphatic rings. The van der Waals surface area contributed by atoms with E-state index in [0.29, 0.717) is 17.7 Å². The Morgan fingerprint density at radius 1 is 0.812 bits per heavy atom. The number of aliphatic carboxylic acids is 1. The molecular formula is C20H15F6NO5. The van der Waals surface area contributed by atoms with E-state index in [9.17, 15) is 45.8 Å². The first-order chi connectivity index (χ1) is 14.7. The zero-order chi connectivity index (χ0) is 24.3. The summed E-state index contributed by atoms with van der Waals surface area (Å²) in [5.74, 6) is -3.81. The Morgan fingerprint density at radius 2 is 1.31 bits per heavy atom. The summed E-state index contributed by atoms with van der Waals surface area (Å²) in [6.07, 6.45) is -11.4. The summed E-state index contributed by atoms with van der Waals surface area (Å²) >= 11 is 0. The highest BCUT2D eigenvalue weighted by Gasteiger charge is 2.37. The van der Waals surface area contributed by atoms with Gasteiger partial charge in [-0.05, 0) is 41.5 Å². The topological polar surface area (TPSA) is 104 Å². The number of rotatable bonds is 7.